The lowest BCUT2D eigenvalue weighted by atomic mass is 10.1. The van der Waals surface area contributed by atoms with Gasteiger partial charge in [-0.2, -0.15) is 5.26 Å². The van der Waals surface area contributed by atoms with Crippen LogP contribution in [0.1, 0.15) is 16.8 Å². The molecule has 0 amide bonds. The molecule has 3 rings (SSSR count). The van der Waals surface area contributed by atoms with Crippen LogP contribution in [0.2, 0.25) is 0 Å². The second kappa shape index (κ2) is 5.22. The van der Waals surface area contributed by atoms with Crippen molar-refractivity contribution in [2.75, 3.05) is 0 Å². The van der Waals surface area contributed by atoms with E-state index in [1.807, 2.05) is 56.3 Å². The van der Waals surface area contributed by atoms with Crippen LogP contribution in [0.3, 0.4) is 0 Å². The molecule has 0 unspecified atom stereocenters. The van der Waals surface area contributed by atoms with Crippen molar-refractivity contribution in [3.8, 4) is 23.0 Å². The minimum Gasteiger partial charge on any atom is -0.211 e. The van der Waals surface area contributed by atoms with E-state index in [1.165, 1.54) is 0 Å². The third-order valence-electron chi connectivity index (χ3n) is 3.27. The molecule has 0 aliphatic heterocycles. The lowest BCUT2D eigenvalue weighted by Crippen LogP contribution is -2.00. The maximum absolute atomic E-state index is 9.28. The van der Waals surface area contributed by atoms with Crippen LogP contribution >= 0.6 is 0 Å². The molecule has 21 heavy (non-hydrogen) atoms. The summed E-state index contributed by atoms with van der Waals surface area (Å²) in [6.07, 6.45) is 0. The number of nitriles is 1. The van der Waals surface area contributed by atoms with Gasteiger partial charge < -0.3 is 0 Å². The van der Waals surface area contributed by atoms with Gasteiger partial charge in [-0.1, -0.05) is 41.6 Å². The van der Waals surface area contributed by atoms with Gasteiger partial charge in [0, 0.05) is 5.56 Å². The third kappa shape index (κ3) is 2.41. The molecular weight excluding hydrogens is 260 g/mol. The Balaban J connectivity index is 2.25. The first-order valence-corrected chi connectivity index (χ1v) is 6.69. The Bertz CT molecular complexity index is 805. The van der Waals surface area contributed by atoms with Gasteiger partial charge in [0.05, 0.1) is 5.69 Å². The quantitative estimate of drug-likeness (QED) is 0.719. The highest BCUT2D eigenvalue weighted by Gasteiger charge is 2.16. The fourth-order valence-electron chi connectivity index (χ4n) is 2.47. The highest BCUT2D eigenvalue weighted by Crippen LogP contribution is 2.25. The lowest BCUT2D eigenvalue weighted by Gasteiger charge is -2.08. The summed E-state index contributed by atoms with van der Waals surface area (Å²) in [7, 11) is 0. The van der Waals surface area contributed by atoms with E-state index in [0.29, 0.717) is 5.69 Å². The normalized spacial score (nSPS) is 10.3. The molecule has 0 N–H and O–H groups in total. The standard InChI is InChI=1S/C17H14N4/c1-12-8-13(2)10-15(9-12)21-17(16(11-18)19-20-21)14-6-4-3-5-7-14/h3-10H,1-2H3. The first kappa shape index (κ1) is 13.1. The predicted octanol–water partition coefficient (Wildman–Crippen LogP) is 3.42. The highest BCUT2D eigenvalue weighted by atomic mass is 15.4. The predicted molar refractivity (Wildman–Crippen MR) is 81.0 cm³/mol. The van der Waals surface area contributed by atoms with Gasteiger partial charge in [0.25, 0.3) is 0 Å². The van der Waals surface area contributed by atoms with E-state index in [9.17, 15) is 5.26 Å². The Morgan fingerprint density at radius 3 is 2.29 bits per heavy atom. The molecule has 0 aliphatic rings. The molecule has 3 aromatic rings. The Morgan fingerprint density at radius 2 is 1.67 bits per heavy atom. The van der Waals surface area contributed by atoms with Crippen molar-refractivity contribution in [2.24, 2.45) is 0 Å². The minimum atomic E-state index is 0.334. The molecule has 2 aromatic carbocycles. The zero-order chi connectivity index (χ0) is 14.8. The lowest BCUT2D eigenvalue weighted by molar-refractivity contribution is 0.805. The number of rotatable bonds is 2. The van der Waals surface area contributed by atoms with Crippen LogP contribution in [0.5, 0.6) is 0 Å². The van der Waals surface area contributed by atoms with Crippen LogP contribution in [0.15, 0.2) is 48.5 Å². The summed E-state index contributed by atoms with van der Waals surface area (Å²) in [6.45, 7) is 4.08. The van der Waals surface area contributed by atoms with Gasteiger partial charge in [-0.25, -0.2) is 4.68 Å². The number of nitrogens with zero attached hydrogens (tertiary/aromatic N) is 4. The fraction of sp³-hybridized carbons (Fsp3) is 0.118. The average Bonchev–Trinajstić information content (AvgIpc) is 2.91. The summed E-state index contributed by atoms with van der Waals surface area (Å²) >= 11 is 0. The molecule has 0 aliphatic carbocycles. The number of benzene rings is 2. The van der Waals surface area contributed by atoms with Gasteiger partial charge in [0.1, 0.15) is 11.8 Å². The van der Waals surface area contributed by atoms with Gasteiger partial charge in [0.2, 0.25) is 0 Å². The first-order valence-electron chi connectivity index (χ1n) is 6.69. The molecular formula is C17H14N4. The van der Waals surface area contributed by atoms with Crippen LogP contribution in [0.25, 0.3) is 16.9 Å². The van der Waals surface area contributed by atoms with E-state index < -0.39 is 0 Å². The van der Waals surface area contributed by atoms with Crippen molar-refractivity contribution in [1.82, 2.24) is 15.0 Å². The zero-order valence-electron chi connectivity index (χ0n) is 11.9. The molecule has 1 aromatic heterocycles. The summed E-state index contributed by atoms with van der Waals surface area (Å²) in [5.41, 5.74) is 5.21. The van der Waals surface area contributed by atoms with Gasteiger partial charge in [-0.05, 0) is 37.1 Å². The van der Waals surface area contributed by atoms with Crippen molar-refractivity contribution in [3.05, 3.63) is 65.4 Å². The maximum Gasteiger partial charge on any atom is 0.191 e. The minimum absolute atomic E-state index is 0.334. The third-order valence-corrected chi connectivity index (χ3v) is 3.27. The fourth-order valence-corrected chi connectivity index (χ4v) is 2.47. The van der Waals surface area contributed by atoms with Crippen molar-refractivity contribution in [1.29, 1.82) is 5.26 Å². The van der Waals surface area contributed by atoms with Crippen molar-refractivity contribution in [3.63, 3.8) is 0 Å². The second-order valence-electron chi connectivity index (χ2n) is 5.02. The Labute approximate surface area is 123 Å². The molecule has 0 fully saturated rings. The van der Waals surface area contributed by atoms with Crippen LogP contribution in [0.4, 0.5) is 0 Å². The molecule has 4 nitrogen and oxygen atoms in total. The molecule has 4 heteroatoms. The zero-order valence-corrected chi connectivity index (χ0v) is 11.9. The van der Waals surface area contributed by atoms with Crippen molar-refractivity contribution >= 4 is 0 Å². The van der Waals surface area contributed by atoms with Gasteiger partial charge >= 0.3 is 0 Å². The van der Waals surface area contributed by atoms with Crippen molar-refractivity contribution in [2.45, 2.75) is 13.8 Å². The van der Waals surface area contributed by atoms with Crippen LogP contribution in [-0.2, 0) is 0 Å². The van der Waals surface area contributed by atoms with Crippen LogP contribution in [0, 0.1) is 25.2 Å². The molecule has 1 heterocycles. The van der Waals surface area contributed by atoms with Crippen LogP contribution < -0.4 is 0 Å². The number of aryl methyl sites for hydroxylation is 2. The van der Waals surface area contributed by atoms with Gasteiger partial charge in [-0.15, -0.1) is 5.10 Å². The summed E-state index contributed by atoms with van der Waals surface area (Å²) in [5.74, 6) is 0. The topological polar surface area (TPSA) is 54.5 Å². The smallest absolute Gasteiger partial charge is 0.191 e. The van der Waals surface area contributed by atoms with E-state index in [4.69, 9.17) is 0 Å². The number of aromatic nitrogens is 3. The second-order valence-corrected chi connectivity index (χ2v) is 5.02. The molecule has 0 bridgehead atoms. The SMILES string of the molecule is Cc1cc(C)cc(-n2nnc(C#N)c2-c2ccccc2)c1. The Hall–Kier alpha value is -2.93. The van der Waals surface area contributed by atoms with E-state index in [2.05, 4.69) is 22.4 Å². The van der Waals surface area contributed by atoms with Crippen LogP contribution in [-0.4, -0.2) is 15.0 Å². The molecule has 102 valence electrons. The van der Waals surface area contributed by atoms with E-state index in [0.717, 1.165) is 28.1 Å². The van der Waals surface area contributed by atoms with Gasteiger partial charge in [0.15, 0.2) is 5.69 Å². The van der Waals surface area contributed by atoms with E-state index in [1.54, 1.807) is 4.68 Å². The maximum atomic E-state index is 9.28. The summed E-state index contributed by atoms with van der Waals surface area (Å²) < 4.78 is 1.73. The van der Waals surface area contributed by atoms with E-state index >= 15 is 0 Å². The molecule has 0 spiro atoms. The van der Waals surface area contributed by atoms with Crippen molar-refractivity contribution < 1.29 is 0 Å². The monoisotopic (exact) mass is 274 g/mol. The van der Waals surface area contributed by atoms with E-state index in [-0.39, 0.29) is 0 Å². The first-order chi connectivity index (χ1) is 10.2. The number of hydrogen-bond donors (Lipinski definition) is 0. The molecule has 0 radical (unpaired) electrons. The average molecular weight is 274 g/mol. The molecule has 0 saturated carbocycles. The highest BCUT2D eigenvalue weighted by molar-refractivity contribution is 5.67. The van der Waals surface area contributed by atoms with Gasteiger partial charge in [-0.3, -0.25) is 0 Å². The Kier molecular flexibility index (Phi) is 3.25. The summed E-state index contributed by atoms with van der Waals surface area (Å²) in [4.78, 5) is 0. The summed E-state index contributed by atoms with van der Waals surface area (Å²) in [5, 5.41) is 17.4. The molecule has 0 saturated heterocycles. The number of hydrogen-bond acceptors (Lipinski definition) is 3. The Morgan fingerprint density at radius 1 is 1.00 bits per heavy atom. The summed E-state index contributed by atoms with van der Waals surface area (Å²) in [6, 6.07) is 18.0. The molecule has 0 atom stereocenters. The largest absolute Gasteiger partial charge is 0.211 e.